The number of nitrogens with zero attached hydrogens (tertiary/aromatic N) is 3. The molecule has 0 unspecified atom stereocenters. The summed E-state index contributed by atoms with van der Waals surface area (Å²) in [4.78, 5) is 9.44. The second-order valence-electron chi connectivity index (χ2n) is 5.99. The van der Waals surface area contributed by atoms with E-state index in [1.165, 1.54) is 25.8 Å². The van der Waals surface area contributed by atoms with Crippen LogP contribution in [-0.2, 0) is 0 Å². The smallest absolute Gasteiger partial charge is 0.128 e. The van der Waals surface area contributed by atoms with Crippen molar-refractivity contribution in [3.8, 4) is 0 Å². The standard InChI is InChI=1S/C15H24N4/c16-7-6-15(4-5-15)13-18-9-11-19(12-10-18)14-3-1-2-8-17-14/h1-3,8H,4-7,9-13,16H2. The quantitative estimate of drug-likeness (QED) is 0.867. The Labute approximate surface area is 115 Å². The zero-order chi connectivity index (χ0) is 13.1. The van der Waals surface area contributed by atoms with Crippen molar-refractivity contribution in [1.82, 2.24) is 9.88 Å². The number of anilines is 1. The number of hydrogen-bond acceptors (Lipinski definition) is 4. The lowest BCUT2D eigenvalue weighted by Crippen LogP contribution is -2.48. The summed E-state index contributed by atoms with van der Waals surface area (Å²) >= 11 is 0. The molecule has 1 saturated carbocycles. The van der Waals surface area contributed by atoms with Gasteiger partial charge in [0.1, 0.15) is 5.82 Å². The molecule has 1 aliphatic heterocycles. The van der Waals surface area contributed by atoms with Gasteiger partial charge in [-0.1, -0.05) is 6.07 Å². The Morgan fingerprint density at radius 2 is 1.95 bits per heavy atom. The summed E-state index contributed by atoms with van der Waals surface area (Å²) < 4.78 is 0. The molecule has 19 heavy (non-hydrogen) atoms. The molecule has 1 aliphatic carbocycles. The van der Waals surface area contributed by atoms with Crippen LogP contribution >= 0.6 is 0 Å². The van der Waals surface area contributed by atoms with Gasteiger partial charge in [0.15, 0.2) is 0 Å². The number of rotatable bonds is 5. The maximum Gasteiger partial charge on any atom is 0.128 e. The molecule has 0 spiro atoms. The number of pyridine rings is 1. The van der Waals surface area contributed by atoms with Gasteiger partial charge in [-0.15, -0.1) is 0 Å². The highest BCUT2D eigenvalue weighted by Gasteiger charge is 2.43. The SMILES string of the molecule is NCCC1(CN2CCN(c3ccccn3)CC2)CC1. The van der Waals surface area contributed by atoms with Gasteiger partial charge in [0.2, 0.25) is 0 Å². The van der Waals surface area contributed by atoms with Gasteiger partial charge in [-0.25, -0.2) is 4.98 Å². The van der Waals surface area contributed by atoms with Gasteiger partial charge < -0.3 is 10.6 Å². The normalized spacial score (nSPS) is 22.5. The first-order valence-electron chi connectivity index (χ1n) is 7.40. The minimum atomic E-state index is 0.571. The number of hydrogen-bond donors (Lipinski definition) is 1. The largest absolute Gasteiger partial charge is 0.354 e. The lowest BCUT2D eigenvalue weighted by Gasteiger charge is -2.37. The van der Waals surface area contributed by atoms with Crippen LogP contribution in [0.15, 0.2) is 24.4 Å². The molecule has 1 saturated heterocycles. The Bertz CT molecular complexity index is 394. The first kappa shape index (κ1) is 12.9. The first-order chi connectivity index (χ1) is 9.31. The third-order valence-electron chi connectivity index (χ3n) is 4.54. The van der Waals surface area contributed by atoms with Crippen molar-refractivity contribution in [1.29, 1.82) is 0 Å². The topological polar surface area (TPSA) is 45.4 Å². The molecule has 4 nitrogen and oxygen atoms in total. The van der Waals surface area contributed by atoms with Crippen LogP contribution in [0.5, 0.6) is 0 Å². The van der Waals surface area contributed by atoms with Crippen molar-refractivity contribution in [2.75, 3.05) is 44.2 Å². The Kier molecular flexibility index (Phi) is 3.71. The van der Waals surface area contributed by atoms with E-state index in [1.807, 2.05) is 12.3 Å². The van der Waals surface area contributed by atoms with Crippen LogP contribution in [0, 0.1) is 5.41 Å². The van der Waals surface area contributed by atoms with Crippen LogP contribution in [0.1, 0.15) is 19.3 Å². The van der Waals surface area contributed by atoms with Crippen LogP contribution in [0.2, 0.25) is 0 Å². The van der Waals surface area contributed by atoms with Crippen LogP contribution in [0.4, 0.5) is 5.82 Å². The summed E-state index contributed by atoms with van der Waals surface area (Å²) in [6, 6.07) is 6.14. The molecule has 4 heteroatoms. The van der Waals surface area contributed by atoms with Crippen molar-refractivity contribution in [2.45, 2.75) is 19.3 Å². The van der Waals surface area contributed by atoms with Gasteiger partial charge in [-0.05, 0) is 43.4 Å². The third-order valence-corrected chi connectivity index (χ3v) is 4.54. The summed E-state index contributed by atoms with van der Waals surface area (Å²) in [5, 5.41) is 0. The van der Waals surface area contributed by atoms with Crippen molar-refractivity contribution in [3.63, 3.8) is 0 Å². The fraction of sp³-hybridized carbons (Fsp3) is 0.667. The molecule has 2 aliphatic rings. The molecule has 0 aromatic carbocycles. The predicted octanol–water partition coefficient (Wildman–Crippen LogP) is 1.33. The minimum Gasteiger partial charge on any atom is -0.354 e. The van der Waals surface area contributed by atoms with Gasteiger partial charge in [0, 0.05) is 38.9 Å². The van der Waals surface area contributed by atoms with E-state index in [0.717, 1.165) is 38.5 Å². The molecule has 104 valence electrons. The van der Waals surface area contributed by atoms with E-state index in [2.05, 4.69) is 26.9 Å². The predicted molar refractivity (Wildman–Crippen MR) is 78.2 cm³/mol. The summed E-state index contributed by atoms with van der Waals surface area (Å²) in [6.45, 7) is 6.59. The molecule has 2 heterocycles. The van der Waals surface area contributed by atoms with Gasteiger partial charge in [0.05, 0.1) is 0 Å². The summed E-state index contributed by atoms with van der Waals surface area (Å²) in [5.74, 6) is 1.12. The highest BCUT2D eigenvalue weighted by atomic mass is 15.3. The van der Waals surface area contributed by atoms with Crippen LogP contribution in [0.25, 0.3) is 0 Å². The Morgan fingerprint density at radius 1 is 1.16 bits per heavy atom. The van der Waals surface area contributed by atoms with Gasteiger partial charge in [0.25, 0.3) is 0 Å². The van der Waals surface area contributed by atoms with Gasteiger partial charge >= 0.3 is 0 Å². The average Bonchev–Trinajstić information content (AvgIpc) is 3.20. The van der Waals surface area contributed by atoms with E-state index in [4.69, 9.17) is 5.73 Å². The van der Waals surface area contributed by atoms with Crippen molar-refractivity contribution >= 4 is 5.82 Å². The molecule has 0 bridgehead atoms. The third kappa shape index (κ3) is 3.07. The van der Waals surface area contributed by atoms with Crippen LogP contribution in [0.3, 0.4) is 0 Å². The first-order valence-corrected chi connectivity index (χ1v) is 7.40. The molecular weight excluding hydrogens is 236 g/mol. The highest BCUT2D eigenvalue weighted by Crippen LogP contribution is 2.49. The summed E-state index contributed by atoms with van der Waals surface area (Å²) in [5.41, 5.74) is 6.29. The molecule has 1 aromatic rings. The Hall–Kier alpha value is -1.13. The Morgan fingerprint density at radius 3 is 2.53 bits per heavy atom. The summed E-state index contributed by atoms with van der Waals surface area (Å²) in [7, 11) is 0. The van der Waals surface area contributed by atoms with Crippen LogP contribution in [-0.4, -0.2) is 49.2 Å². The fourth-order valence-electron chi connectivity index (χ4n) is 3.12. The van der Waals surface area contributed by atoms with E-state index >= 15 is 0 Å². The highest BCUT2D eigenvalue weighted by molar-refractivity contribution is 5.38. The lowest BCUT2D eigenvalue weighted by atomic mass is 10.0. The second kappa shape index (κ2) is 5.47. The molecule has 3 rings (SSSR count). The molecule has 0 amide bonds. The molecule has 1 aromatic heterocycles. The molecular formula is C15H24N4. The second-order valence-corrected chi connectivity index (χ2v) is 5.99. The molecule has 0 radical (unpaired) electrons. The van der Waals surface area contributed by atoms with E-state index < -0.39 is 0 Å². The van der Waals surface area contributed by atoms with E-state index in [9.17, 15) is 0 Å². The zero-order valence-corrected chi connectivity index (χ0v) is 11.6. The van der Waals surface area contributed by atoms with Gasteiger partial charge in [-0.3, -0.25) is 4.90 Å². The van der Waals surface area contributed by atoms with Crippen LogP contribution < -0.4 is 10.6 Å². The van der Waals surface area contributed by atoms with E-state index in [1.54, 1.807) is 0 Å². The molecule has 0 atom stereocenters. The maximum absolute atomic E-state index is 5.72. The molecule has 2 fully saturated rings. The number of piperazine rings is 1. The number of nitrogens with two attached hydrogens (primary N) is 1. The Balaban J connectivity index is 1.50. The minimum absolute atomic E-state index is 0.571. The monoisotopic (exact) mass is 260 g/mol. The lowest BCUT2D eigenvalue weighted by molar-refractivity contribution is 0.203. The average molecular weight is 260 g/mol. The van der Waals surface area contributed by atoms with Crippen molar-refractivity contribution in [3.05, 3.63) is 24.4 Å². The summed E-state index contributed by atoms with van der Waals surface area (Å²) in [6.07, 6.45) is 5.84. The zero-order valence-electron chi connectivity index (χ0n) is 11.6. The van der Waals surface area contributed by atoms with E-state index in [0.29, 0.717) is 5.41 Å². The number of aromatic nitrogens is 1. The van der Waals surface area contributed by atoms with Crippen molar-refractivity contribution in [2.24, 2.45) is 11.1 Å². The fourth-order valence-corrected chi connectivity index (χ4v) is 3.12. The molecule has 2 N–H and O–H groups in total. The van der Waals surface area contributed by atoms with Crippen molar-refractivity contribution < 1.29 is 0 Å². The maximum atomic E-state index is 5.72. The van der Waals surface area contributed by atoms with E-state index in [-0.39, 0.29) is 0 Å². The van der Waals surface area contributed by atoms with Gasteiger partial charge in [-0.2, -0.15) is 0 Å².